The van der Waals surface area contributed by atoms with Gasteiger partial charge < -0.3 is 10.1 Å². The van der Waals surface area contributed by atoms with E-state index in [9.17, 15) is 10.1 Å². The van der Waals surface area contributed by atoms with Crippen LogP contribution in [0.4, 0.5) is 0 Å². The molecule has 0 radical (unpaired) electrons. The van der Waals surface area contributed by atoms with Gasteiger partial charge in [0, 0.05) is 5.10 Å². The van der Waals surface area contributed by atoms with E-state index in [0.29, 0.717) is 0 Å². The van der Waals surface area contributed by atoms with Gasteiger partial charge in [0.05, 0.1) is 5.54 Å². The zero-order valence-corrected chi connectivity index (χ0v) is 9.18. The second-order valence-corrected chi connectivity index (χ2v) is 4.40. The van der Waals surface area contributed by atoms with Crippen LogP contribution in [0.5, 0.6) is 0 Å². The third kappa shape index (κ3) is 1.64. The molecule has 1 atom stereocenters. The molecule has 16 heavy (non-hydrogen) atoms. The number of benzene rings is 1. The van der Waals surface area contributed by atoms with Gasteiger partial charge in [0.2, 0.25) is 0 Å². The average Bonchev–Trinajstić information content (AvgIpc) is 2.55. The van der Waals surface area contributed by atoms with E-state index >= 15 is 0 Å². The lowest BCUT2D eigenvalue weighted by Crippen LogP contribution is -2.39. The van der Waals surface area contributed by atoms with Crippen molar-refractivity contribution in [1.29, 1.82) is 0 Å². The first-order chi connectivity index (χ1) is 7.52. The molecule has 0 amide bonds. The van der Waals surface area contributed by atoms with Gasteiger partial charge in [-0.3, -0.25) is 0 Å². The van der Waals surface area contributed by atoms with Crippen molar-refractivity contribution in [2.45, 2.75) is 25.3 Å². The van der Waals surface area contributed by atoms with E-state index in [2.05, 4.69) is 10.5 Å². The van der Waals surface area contributed by atoms with Crippen molar-refractivity contribution in [3.63, 3.8) is 0 Å². The van der Waals surface area contributed by atoms with Crippen LogP contribution in [0.3, 0.4) is 0 Å². The van der Waals surface area contributed by atoms with Gasteiger partial charge in [0.1, 0.15) is 5.92 Å². The van der Waals surface area contributed by atoms with Crippen molar-refractivity contribution >= 4 is 5.84 Å². The van der Waals surface area contributed by atoms with Crippen LogP contribution in [0.15, 0.2) is 35.4 Å². The average molecular weight is 219 g/mol. The Bertz CT molecular complexity index is 440. The molecular formula is C11H13N3O2. The number of nitro groups is 1. The van der Waals surface area contributed by atoms with Crippen LogP contribution in [0, 0.1) is 10.1 Å². The molecule has 84 valence electrons. The summed E-state index contributed by atoms with van der Waals surface area (Å²) in [6, 6.07) is 9.42. The van der Waals surface area contributed by atoms with Gasteiger partial charge in [0.25, 0.3) is 0 Å². The molecule has 0 aliphatic carbocycles. The van der Waals surface area contributed by atoms with Crippen LogP contribution < -0.4 is 5.43 Å². The fourth-order valence-corrected chi connectivity index (χ4v) is 2.01. The maximum Gasteiger partial charge on any atom is 0.373 e. The Morgan fingerprint density at radius 2 is 2.00 bits per heavy atom. The predicted molar refractivity (Wildman–Crippen MR) is 60.8 cm³/mol. The standard InChI is InChI=1S/C11H13N3O2/c1-11(2)9(8-6-4-3-5-7-8)10(12-13-11)14(15)16/h3-7,9,13H,1-2H3/t9-/m1/s1. The fourth-order valence-electron chi connectivity index (χ4n) is 2.01. The Labute approximate surface area is 93.3 Å². The summed E-state index contributed by atoms with van der Waals surface area (Å²) >= 11 is 0. The van der Waals surface area contributed by atoms with Crippen molar-refractivity contribution < 1.29 is 4.92 Å². The summed E-state index contributed by atoms with van der Waals surface area (Å²) in [5.41, 5.74) is 3.31. The highest BCUT2D eigenvalue weighted by atomic mass is 16.6. The SMILES string of the molecule is CC1(C)NN=C([N+](=O)[O-])[C@H]1c1ccccc1. The molecule has 5 nitrogen and oxygen atoms in total. The van der Waals surface area contributed by atoms with E-state index in [1.165, 1.54) is 0 Å². The molecule has 0 spiro atoms. The summed E-state index contributed by atoms with van der Waals surface area (Å²) in [7, 11) is 0. The molecular weight excluding hydrogens is 206 g/mol. The molecule has 1 aromatic rings. The Kier molecular flexibility index (Phi) is 2.38. The number of nitrogens with zero attached hydrogens (tertiary/aromatic N) is 2. The van der Waals surface area contributed by atoms with E-state index in [1.807, 2.05) is 44.2 Å². The molecule has 2 rings (SSSR count). The summed E-state index contributed by atoms with van der Waals surface area (Å²) in [6.45, 7) is 3.81. The molecule has 5 heteroatoms. The molecule has 1 heterocycles. The lowest BCUT2D eigenvalue weighted by Gasteiger charge is -2.23. The van der Waals surface area contributed by atoms with Gasteiger partial charge in [-0.2, -0.15) is 0 Å². The van der Waals surface area contributed by atoms with E-state index in [0.717, 1.165) is 5.56 Å². The first-order valence-corrected chi connectivity index (χ1v) is 5.06. The van der Waals surface area contributed by atoms with E-state index < -0.39 is 10.5 Å². The Morgan fingerprint density at radius 1 is 1.38 bits per heavy atom. The van der Waals surface area contributed by atoms with Gasteiger partial charge in [-0.25, -0.2) is 5.43 Å². The van der Waals surface area contributed by atoms with Crippen LogP contribution in [-0.2, 0) is 0 Å². The van der Waals surface area contributed by atoms with Crippen LogP contribution >= 0.6 is 0 Å². The molecule has 0 saturated heterocycles. The van der Waals surface area contributed by atoms with Crippen molar-refractivity contribution in [2.24, 2.45) is 5.10 Å². The third-order valence-electron chi connectivity index (χ3n) is 2.76. The molecule has 1 aromatic carbocycles. The van der Waals surface area contributed by atoms with Crippen molar-refractivity contribution in [3.8, 4) is 0 Å². The summed E-state index contributed by atoms with van der Waals surface area (Å²) in [6.07, 6.45) is 0. The highest BCUT2D eigenvalue weighted by Gasteiger charge is 2.47. The number of rotatable bonds is 1. The second-order valence-electron chi connectivity index (χ2n) is 4.40. The molecule has 0 aromatic heterocycles. The molecule has 1 N–H and O–H groups in total. The zero-order valence-electron chi connectivity index (χ0n) is 9.18. The first-order valence-electron chi connectivity index (χ1n) is 5.06. The van der Waals surface area contributed by atoms with Crippen LogP contribution in [-0.4, -0.2) is 16.3 Å². The second kappa shape index (κ2) is 3.59. The minimum Gasteiger partial charge on any atom is -0.358 e. The maximum atomic E-state index is 10.9. The van der Waals surface area contributed by atoms with Crippen LogP contribution in [0.1, 0.15) is 25.3 Å². The van der Waals surface area contributed by atoms with Gasteiger partial charge in [-0.1, -0.05) is 30.3 Å². The Morgan fingerprint density at radius 3 is 2.56 bits per heavy atom. The Hall–Kier alpha value is -1.91. The lowest BCUT2D eigenvalue weighted by atomic mass is 9.82. The highest BCUT2D eigenvalue weighted by molar-refractivity contribution is 5.85. The van der Waals surface area contributed by atoms with Crippen LogP contribution in [0.2, 0.25) is 0 Å². The predicted octanol–water partition coefficient (Wildman–Crippen LogP) is 1.74. The number of amidine groups is 1. The van der Waals surface area contributed by atoms with Crippen molar-refractivity contribution in [1.82, 2.24) is 5.43 Å². The number of hydrogen-bond acceptors (Lipinski definition) is 4. The molecule has 1 aliphatic rings. The highest BCUT2D eigenvalue weighted by Crippen LogP contribution is 2.33. The summed E-state index contributed by atoms with van der Waals surface area (Å²) in [4.78, 5) is 10.5. The van der Waals surface area contributed by atoms with Crippen LogP contribution in [0.25, 0.3) is 0 Å². The number of hydrazone groups is 1. The van der Waals surface area contributed by atoms with E-state index in [4.69, 9.17) is 0 Å². The first kappa shape index (κ1) is 10.6. The minimum atomic E-state index is -0.427. The number of nitrogens with one attached hydrogen (secondary N) is 1. The van der Waals surface area contributed by atoms with E-state index in [-0.39, 0.29) is 11.8 Å². The molecule has 0 fully saturated rings. The molecule has 0 unspecified atom stereocenters. The molecule has 0 bridgehead atoms. The quantitative estimate of drug-likeness (QED) is 0.578. The third-order valence-corrected chi connectivity index (χ3v) is 2.76. The summed E-state index contributed by atoms with van der Waals surface area (Å²) in [5.74, 6) is -0.333. The lowest BCUT2D eigenvalue weighted by molar-refractivity contribution is -0.354. The fraction of sp³-hybridized carbons (Fsp3) is 0.364. The normalized spacial score (nSPS) is 22.4. The zero-order chi connectivity index (χ0) is 11.8. The number of hydrogen-bond donors (Lipinski definition) is 1. The topological polar surface area (TPSA) is 67.5 Å². The van der Waals surface area contributed by atoms with E-state index in [1.54, 1.807) is 0 Å². The monoisotopic (exact) mass is 219 g/mol. The molecule has 0 saturated carbocycles. The summed E-state index contributed by atoms with van der Waals surface area (Å²) < 4.78 is 0. The van der Waals surface area contributed by atoms with Crippen molar-refractivity contribution in [2.75, 3.05) is 0 Å². The smallest absolute Gasteiger partial charge is 0.358 e. The van der Waals surface area contributed by atoms with Gasteiger partial charge in [-0.05, 0) is 24.3 Å². The minimum absolute atomic E-state index is 0.0174. The van der Waals surface area contributed by atoms with Gasteiger partial charge in [-0.15, -0.1) is 0 Å². The maximum absolute atomic E-state index is 10.9. The molecule has 1 aliphatic heterocycles. The van der Waals surface area contributed by atoms with Gasteiger partial charge in [0.15, 0.2) is 0 Å². The largest absolute Gasteiger partial charge is 0.373 e. The van der Waals surface area contributed by atoms with Crippen molar-refractivity contribution in [3.05, 3.63) is 46.0 Å². The Balaban J connectivity index is 2.44. The van der Waals surface area contributed by atoms with Gasteiger partial charge >= 0.3 is 5.84 Å². The summed E-state index contributed by atoms with van der Waals surface area (Å²) in [5, 5.41) is 14.7.